The summed E-state index contributed by atoms with van der Waals surface area (Å²) in [5.74, 6) is 0.744. The van der Waals surface area contributed by atoms with Crippen molar-refractivity contribution in [1.29, 1.82) is 0 Å². The Labute approximate surface area is 156 Å². The maximum atomic E-state index is 12.5. The largest absolute Gasteiger partial charge is 0.378 e. The summed E-state index contributed by atoms with van der Waals surface area (Å²) in [7, 11) is 0. The number of morpholine rings is 1. The van der Waals surface area contributed by atoms with E-state index in [0.717, 1.165) is 35.4 Å². The first-order chi connectivity index (χ1) is 12.7. The van der Waals surface area contributed by atoms with Crippen LogP contribution in [0.5, 0.6) is 0 Å². The summed E-state index contributed by atoms with van der Waals surface area (Å²) in [6, 6.07) is 11.2. The van der Waals surface area contributed by atoms with Gasteiger partial charge >= 0.3 is 0 Å². The van der Waals surface area contributed by atoms with E-state index >= 15 is 0 Å². The van der Waals surface area contributed by atoms with Crippen molar-refractivity contribution in [2.45, 2.75) is 6.54 Å². The van der Waals surface area contributed by atoms with Crippen LogP contribution in [0, 0.1) is 0 Å². The summed E-state index contributed by atoms with van der Waals surface area (Å²) in [6.07, 6.45) is 1.78. The quantitative estimate of drug-likeness (QED) is 0.740. The number of pyridine rings is 1. The van der Waals surface area contributed by atoms with Crippen molar-refractivity contribution < 1.29 is 9.53 Å². The third kappa shape index (κ3) is 3.52. The second-order valence-electron chi connectivity index (χ2n) is 6.18. The van der Waals surface area contributed by atoms with Gasteiger partial charge in [-0.15, -0.1) is 0 Å². The summed E-state index contributed by atoms with van der Waals surface area (Å²) in [4.78, 5) is 22.3. The summed E-state index contributed by atoms with van der Waals surface area (Å²) in [5, 5.41) is 4.53. The minimum atomic E-state index is -0.158. The van der Waals surface area contributed by atoms with Gasteiger partial charge < -0.3 is 19.9 Å². The highest BCUT2D eigenvalue weighted by molar-refractivity contribution is 6.31. The van der Waals surface area contributed by atoms with Crippen LogP contribution in [0.3, 0.4) is 0 Å². The van der Waals surface area contributed by atoms with Crippen molar-refractivity contribution >= 4 is 34.2 Å². The number of nitrogens with zero attached hydrogens (tertiary/aromatic N) is 2. The minimum Gasteiger partial charge on any atom is -0.378 e. The molecule has 3 heterocycles. The second-order valence-corrected chi connectivity index (χ2v) is 6.62. The van der Waals surface area contributed by atoms with Crippen molar-refractivity contribution in [3.05, 3.63) is 58.9 Å². The molecule has 0 unspecified atom stereocenters. The monoisotopic (exact) mass is 370 g/mol. The molecule has 2 aromatic heterocycles. The van der Waals surface area contributed by atoms with Crippen molar-refractivity contribution in [3.8, 4) is 0 Å². The molecule has 0 aliphatic carbocycles. The zero-order valence-corrected chi connectivity index (χ0v) is 14.9. The van der Waals surface area contributed by atoms with Crippen LogP contribution < -0.4 is 10.2 Å². The van der Waals surface area contributed by atoms with Crippen LogP contribution in [0.25, 0.3) is 10.9 Å². The van der Waals surface area contributed by atoms with Gasteiger partial charge in [-0.2, -0.15) is 0 Å². The fraction of sp³-hybridized carbons (Fsp3) is 0.263. The van der Waals surface area contributed by atoms with Gasteiger partial charge in [0.05, 0.1) is 13.2 Å². The Morgan fingerprint density at radius 1 is 1.27 bits per heavy atom. The van der Waals surface area contributed by atoms with Gasteiger partial charge in [-0.05, 0) is 30.3 Å². The van der Waals surface area contributed by atoms with Gasteiger partial charge in [0.1, 0.15) is 11.5 Å². The van der Waals surface area contributed by atoms with E-state index in [1.165, 1.54) is 0 Å². The summed E-state index contributed by atoms with van der Waals surface area (Å²) >= 11 is 6.00. The van der Waals surface area contributed by atoms with E-state index in [9.17, 15) is 4.79 Å². The predicted molar refractivity (Wildman–Crippen MR) is 102 cm³/mol. The normalized spacial score (nSPS) is 14.6. The van der Waals surface area contributed by atoms with E-state index < -0.39 is 0 Å². The van der Waals surface area contributed by atoms with Crippen LogP contribution >= 0.6 is 11.6 Å². The number of nitrogens with one attached hydrogen (secondary N) is 2. The third-order valence-electron chi connectivity index (χ3n) is 4.44. The Kier molecular flexibility index (Phi) is 4.77. The van der Waals surface area contributed by atoms with E-state index in [1.807, 2.05) is 30.3 Å². The molecule has 1 aliphatic rings. The highest BCUT2D eigenvalue weighted by Gasteiger charge is 2.17. The summed E-state index contributed by atoms with van der Waals surface area (Å²) in [5.41, 5.74) is 2.39. The van der Waals surface area contributed by atoms with Gasteiger partial charge in [0.25, 0.3) is 5.91 Å². The van der Waals surface area contributed by atoms with Gasteiger partial charge in [0, 0.05) is 47.3 Å². The van der Waals surface area contributed by atoms with Crippen LogP contribution in [-0.2, 0) is 11.3 Å². The maximum absolute atomic E-state index is 12.5. The number of amides is 1. The third-order valence-corrected chi connectivity index (χ3v) is 4.68. The van der Waals surface area contributed by atoms with Gasteiger partial charge in [0.2, 0.25) is 0 Å². The first kappa shape index (κ1) is 16.9. The highest BCUT2D eigenvalue weighted by Crippen LogP contribution is 2.21. The number of hydrogen-bond donors (Lipinski definition) is 2. The second kappa shape index (κ2) is 7.35. The molecule has 1 fully saturated rings. The Balaban J connectivity index is 1.48. The van der Waals surface area contributed by atoms with Crippen molar-refractivity contribution in [1.82, 2.24) is 15.3 Å². The molecule has 7 heteroatoms. The molecule has 4 rings (SSSR count). The fourth-order valence-corrected chi connectivity index (χ4v) is 3.31. The molecule has 1 saturated heterocycles. The Hall–Kier alpha value is -2.57. The molecule has 2 N–H and O–H groups in total. The minimum absolute atomic E-state index is 0.158. The maximum Gasteiger partial charge on any atom is 0.267 e. The molecular weight excluding hydrogens is 352 g/mol. The van der Waals surface area contributed by atoms with E-state index in [0.29, 0.717) is 30.5 Å². The van der Waals surface area contributed by atoms with Crippen molar-refractivity contribution in [2.24, 2.45) is 0 Å². The lowest BCUT2D eigenvalue weighted by molar-refractivity contribution is 0.0946. The van der Waals surface area contributed by atoms with Gasteiger partial charge in [-0.3, -0.25) is 4.79 Å². The van der Waals surface area contributed by atoms with Crippen LogP contribution in [-0.4, -0.2) is 42.2 Å². The first-order valence-electron chi connectivity index (χ1n) is 8.54. The molecule has 134 valence electrons. The summed E-state index contributed by atoms with van der Waals surface area (Å²) in [6.45, 7) is 3.41. The number of aromatic amines is 1. The number of aromatic nitrogens is 2. The van der Waals surface area contributed by atoms with E-state index in [4.69, 9.17) is 16.3 Å². The molecule has 0 radical (unpaired) electrons. The smallest absolute Gasteiger partial charge is 0.267 e. The molecule has 26 heavy (non-hydrogen) atoms. The van der Waals surface area contributed by atoms with Gasteiger partial charge in [0.15, 0.2) is 0 Å². The molecular formula is C19H19ClN4O2. The van der Waals surface area contributed by atoms with Gasteiger partial charge in [-0.1, -0.05) is 17.7 Å². The zero-order chi connectivity index (χ0) is 17.9. The number of ether oxygens (including phenoxy) is 1. The number of H-pyrrole nitrogens is 1. The molecule has 0 spiro atoms. The molecule has 0 atom stereocenters. The molecule has 0 saturated carbocycles. The van der Waals surface area contributed by atoms with Gasteiger partial charge in [-0.25, -0.2) is 4.98 Å². The molecule has 0 bridgehead atoms. The summed E-state index contributed by atoms with van der Waals surface area (Å²) < 4.78 is 5.40. The van der Waals surface area contributed by atoms with Crippen LogP contribution in [0.4, 0.5) is 5.82 Å². The SMILES string of the molecule is O=C(NCc1cccnc1N1CCOCC1)c1cc2cc(Cl)ccc2[nH]1. The number of rotatable bonds is 4. The topological polar surface area (TPSA) is 70.2 Å². The number of anilines is 1. The van der Waals surface area contributed by atoms with E-state index in [-0.39, 0.29) is 5.91 Å². The molecule has 3 aromatic rings. The van der Waals surface area contributed by atoms with Crippen molar-refractivity contribution in [3.63, 3.8) is 0 Å². The van der Waals surface area contributed by atoms with Crippen LogP contribution in [0.1, 0.15) is 16.1 Å². The van der Waals surface area contributed by atoms with E-state index in [2.05, 4.69) is 20.2 Å². The molecule has 1 amide bonds. The molecule has 6 nitrogen and oxygen atoms in total. The number of carbonyl (C=O) groups is 1. The number of benzene rings is 1. The lowest BCUT2D eigenvalue weighted by Crippen LogP contribution is -2.37. The average molecular weight is 371 g/mol. The first-order valence-corrected chi connectivity index (χ1v) is 8.91. The standard InChI is InChI=1S/C19H19ClN4O2/c20-15-3-4-16-14(10-15)11-17(23-16)19(25)22-12-13-2-1-5-21-18(13)24-6-8-26-9-7-24/h1-5,10-11,23H,6-9,12H2,(H,22,25). The fourth-order valence-electron chi connectivity index (χ4n) is 3.12. The lowest BCUT2D eigenvalue weighted by Gasteiger charge is -2.29. The van der Waals surface area contributed by atoms with E-state index in [1.54, 1.807) is 12.3 Å². The van der Waals surface area contributed by atoms with Crippen LogP contribution in [0.2, 0.25) is 5.02 Å². The molecule has 1 aromatic carbocycles. The number of halogens is 1. The predicted octanol–water partition coefficient (Wildman–Crippen LogP) is 2.98. The number of carbonyl (C=O) groups excluding carboxylic acids is 1. The lowest BCUT2D eigenvalue weighted by atomic mass is 10.2. The Morgan fingerprint density at radius 3 is 2.96 bits per heavy atom. The van der Waals surface area contributed by atoms with Crippen LogP contribution in [0.15, 0.2) is 42.6 Å². The highest BCUT2D eigenvalue weighted by atomic mass is 35.5. The zero-order valence-electron chi connectivity index (χ0n) is 14.2. The Bertz CT molecular complexity index is 934. The number of hydrogen-bond acceptors (Lipinski definition) is 4. The van der Waals surface area contributed by atoms with Crippen molar-refractivity contribution in [2.75, 3.05) is 31.2 Å². The number of fused-ring (bicyclic) bond motifs is 1. The average Bonchev–Trinajstić information content (AvgIpc) is 3.10. The Morgan fingerprint density at radius 2 is 2.12 bits per heavy atom. The molecule has 1 aliphatic heterocycles.